The van der Waals surface area contributed by atoms with E-state index in [0.29, 0.717) is 29.7 Å². The molecule has 0 amide bonds. The minimum atomic E-state index is -0.343. The molecule has 0 radical (unpaired) electrons. The number of hydrogen-bond acceptors (Lipinski definition) is 6. The van der Waals surface area contributed by atoms with Gasteiger partial charge in [-0.05, 0) is 75.2 Å². The SMILES string of the molecule is CCN(CCCCOC(=O)c1ccc(OC)c(OC)c1)C(C)Cc1ccc(S)cc1. The highest BCUT2D eigenvalue weighted by molar-refractivity contribution is 7.80. The molecule has 2 aromatic rings. The Morgan fingerprint density at radius 1 is 1.03 bits per heavy atom. The molecule has 0 aliphatic carbocycles. The number of benzene rings is 2. The van der Waals surface area contributed by atoms with E-state index >= 15 is 0 Å². The van der Waals surface area contributed by atoms with E-state index in [1.165, 1.54) is 5.56 Å². The first-order valence-corrected chi connectivity index (χ1v) is 10.8. The molecule has 0 fully saturated rings. The normalized spacial score (nSPS) is 11.9. The van der Waals surface area contributed by atoms with Crippen molar-refractivity contribution in [2.24, 2.45) is 0 Å². The van der Waals surface area contributed by atoms with Crippen molar-refractivity contribution in [2.45, 2.75) is 44.0 Å². The average molecular weight is 432 g/mol. The van der Waals surface area contributed by atoms with Crippen molar-refractivity contribution in [3.8, 4) is 11.5 Å². The molecular weight excluding hydrogens is 398 g/mol. The predicted octanol–water partition coefficient (Wildman–Crippen LogP) is 4.88. The molecule has 0 aliphatic heterocycles. The molecule has 2 rings (SSSR count). The van der Waals surface area contributed by atoms with E-state index in [9.17, 15) is 4.79 Å². The predicted molar refractivity (Wildman–Crippen MR) is 123 cm³/mol. The molecule has 5 nitrogen and oxygen atoms in total. The average Bonchev–Trinajstić information content (AvgIpc) is 2.76. The Morgan fingerprint density at radius 3 is 2.37 bits per heavy atom. The van der Waals surface area contributed by atoms with Gasteiger partial charge in [0, 0.05) is 10.9 Å². The lowest BCUT2D eigenvalue weighted by Gasteiger charge is -2.28. The third-order valence-electron chi connectivity index (χ3n) is 5.19. The van der Waals surface area contributed by atoms with E-state index in [1.807, 2.05) is 12.1 Å². The largest absolute Gasteiger partial charge is 0.493 e. The van der Waals surface area contributed by atoms with Gasteiger partial charge in [0.2, 0.25) is 0 Å². The summed E-state index contributed by atoms with van der Waals surface area (Å²) in [5.41, 5.74) is 1.78. The molecule has 0 saturated carbocycles. The highest BCUT2D eigenvalue weighted by Gasteiger charge is 2.14. The molecule has 0 spiro atoms. The fourth-order valence-corrected chi connectivity index (χ4v) is 3.57. The van der Waals surface area contributed by atoms with Crippen LogP contribution in [0.5, 0.6) is 11.5 Å². The zero-order chi connectivity index (χ0) is 21.9. The number of carbonyl (C=O) groups excluding carboxylic acids is 1. The molecule has 0 bridgehead atoms. The number of thiol groups is 1. The fraction of sp³-hybridized carbons (Fsp3) is 0.458. The first-order chi connectivity index (χ1) is 14.5. The monoisotopic (exact) mass is 431 g/mol. The van der Waals surface area contributed by atoms with Crippen LogP contribution in [0.25, 0.3) is 0 Å². The number of rotatable bonds is 12. The van der Waals surface area contributed by atoms with Crippen LogP contribution in [-0.4, -0.2) is 50.8 Å². The number of nitrogens with zero attached hydrogens (tertiary/aromatic N) is 1. The standard InChI is InChI=1S/C24H33NO4S/c1-5-25(18(2)16-19-8-11-21(30)12-9-19)14-6-7-15-29-24(26)20-10-13-22(27-3)23(17-20)28-4/h8-13,17-18,30H,5-7,14-16H2,1-4H3. The van der Waals surface area contributed by atoms with Crippen LogP contribution in [-0.2, 0) is 11.2 Å². The van der Waals surface area contributed by atoms with Crippen molar-refractivity contribution in [3.63, 3.8) is 0 Å². The first kappa shape index (κ1) is 24.1. The summed E-state index contributed by atoms with van der Waals surface area (Å²) in [6.45, 7) is 6.83. The van der Waals surface area contributed by atoms with Crippen LogP contribution in [0.15, 0.2) is 47.4 Å². The molecular formula is C24H33NO4S. The van der Waals surface area contributed by atoms with Gasteiger partial charge in [-0.2, -0.15) is 0 Å². The molecule has 164 valence electrons. The Labute approximate surface area is 185 Å². The number of likely N-dealkylation sites (N-methyl/N-ethyl adjacent to an activating group) is 1. The summed E-state index contributed by atoms with van der Waals surface area (Å²) >= 11 is 4.35. The van der Waals surface area contributed by atoms with E-state index in [4.69, 9.17) is 14.2 Å². The van der Waals surface area contributed by atoms with Gasteiger partial charge in [0.05, 0.1) is 26.4 Å². The molecule has 6 heteroatoms. The number of ether oxygens (including phenoxy) is 3. The highest BCUT2D eigenvalue weighted by atomic mass is 32.1. The maximum Gasteiger partial charge on any atom is 0.338 e. The molecule has 0 N–H and O–H groups in total. The van der Waals surface area contributed by atoms with Crippen LogP contribution in [0.3, 0.4) is 0 Å². The first-order valence-electron chi connectivity index (χ1n) is 10.4. The van der Waals surface area contributed by atoms with Crippen LogP contribution in [0.4, 0.5) is 0 Å². The molecule has 0 heterocycles. The van der Waals surface area contributed by atoms with Crippen molar-refractivity contribution < 1.29 is 19.0 Å². The Morgan fingerprint density at radius 2 is 1.73 bits per heavy atom. The topological polar surface area (TPSA) is 48.0 Å². The number of unbranched alkanes of at least 4 members (excludes halogenated alkanes) is 1. The number of methoxy groups -OCH3 is 2. The lowest BCUT2D eigenvalue weighted by Crippen LogP contribution is -2.35. The van der Waals surface area contributed by atoms with E-state index in [1.54, 1.807) is 32.4 Å². The Hall–Kier alpha value is -2.18. The van der Waals surface area contributed by atoms with Crippen molar-refractivity contribution in [2.75, 3.05) is 33.9 Å². The highest BCUT2D eigenvalue weighted by Crippen LogP contribution is 2.27. The second-order valence-electron chi connectivity index (χ2n) is 7.26. The minimum Gasteiger partial charge on any atom is -0.493 e. The number of esters is 1. The van der Waals surface area contributed by atoms with Gasteiger partial charge in [0.1, 0.15) is 0 Å². The lowest BCUT2D eigenvalue weighted by molar-refractivity contribution is 0.0493. The maximum atomic E-state index is 12.3. The van der Waals surface area contributed by atoms with Gasteiger partial charge in [0.25, 0.3) is 0 Å². The van der Waals surface area contributed by atoms with E-state index in [0.717, 1.165) is 37.2 Å². The van der Waals surface area contributed by atoms with Crippen LogP contribution >= 0.6 is 12.6 Å². The zero-order valence-corrected chi connectivity index (χ0v) is 19.3. The smallest absolute Gasteiger partial charge is 0.338 e. The van der Waals surface area contributed by atoms with E-state index in [2.05, 4.69) is 43.5 Å². The Balaban J connectivity index is 1.73. The Bertz CT molecular complexity index is 794. The third-order valence-corrected chi connectivity index (χ3v) is 5.49. The van der Waals surface area contributed by atoms with Gasteiger partial charge in [-0.25, -0.2) is 4.79 Å². The summed E-state index contributed by atoms with van der Waals surface area (Å²) in [4.78, 5) is 15.7. The second-order valence-corrected chi connectivity index (χ2v) is 7.78. The second kappa shape index (κ2) is 12.5. The van der Waals surface area contributed by atoms with Crippen LogP contribution in [0, 0.1) is 0 Å². The zero-order valence-electron chi connectivity index (χ0n) is 18.4. The number of hydrogen-bond donors (Lipinski definition) is 1. The van der Waals surface area contributed by atoms with Crippen molar-refractivity contribution >= 4 is 18.6 Å². The van der Waals surface area contributed by atoms with Crippen LogP contribution in [0.2, 0.25) is 0 Å². The summed E-state index contributed by atoms with van der Waals surface area (Å²) in [6.07, 6.45) is 2.82. The molecule has 1 atom stereocenters. The summed E-state index contributed by atoms with van der Waals surface area (Å²) in [5.74, 6) is 0.761. The summed E-state index contributed by atoms with van der Waals surface area (Å²) in [5, 5.41) is 0. The van der Waals surface area contributed by atoms with E-state index in [-0.39, 0.29) is 5.97 Å². The van der Waals surface area contributed by atoms with Gasteiger partial charge < -0.3 is 19.1 Å². The number of carbonyl (C=O) groups is 1. The molecule has 30 heavy (non-hydrogen) atoms. The molecule has 0 aromatic heterocycles. The summed E-state index contributed by atoms with van der Waals surface area (Å²) < 4.78 is 15.9. The summed E-state index contributed by atoms with van der Waals surface area (Å²) in [7, 11) is 3.11. The molecule has 0 saturated heterocycles. The van der Waals surface area contributed by atoms with Gasteiger partial charge in [0.15, 0.2) is 11.5 Å². The van der Waals surface area contributed by atoms with E-state index < -0.39 is 0 Å². The quantitative estimate of drug-likeness (QED) is 0.295. The van der Waals surface area contributed by atoms with Crippen molar-refractivity contribution in [1.82, 2.24) is 4.90 Å². The van der Waals surface area contributed by atoms with Gasteiger partial charge in [-0.15, -0.1) is 12.6 Å². The lowest BCUT2D eigenvalue weighted by atomic mass is 10.1. The summed E-state index contributed by atoms with van der Waals surface area (Å²) in [6, 6.07) is 13.8. The molecule has 2 aromatic carbocycles. The minimum absolute atomic E-state index is 0.343. The third kappa shape index (κ3) is 7.26. The van der Waals surface area contributed by atoms with Gasteiger partial charge >= 0.3 is 5.97 Å². The molecule has 0 aliphatic rings. The van der Waals surface area contributed by atoms with Crippen molar-refractivity contribution in [1.29, 1.82) is 0 Å². The van der Waals surface area contributed by atoms with Crippen LogP contribution < -0.4 is 9.47 Å². The maximum absolute atomic E-state index is 12.3. The van der Waals surface area contributed by atoms with Gasteiger partial charge in [-0.3, -0.25) is 0 Å². The van der Waals surface area contributed by atoms with Crippen LogP contribution in [0.1, 0.15) is 42.6 Å². The van der Waals surface area contributed by atoms with Crippen molar-refractivity contribution in [3.05, 3.63) is 53.6 Å². The Kier molecular flexibility index (Phi) is 10.0. The molecule has 1 unspecified atom stereocenters. The fourth-order valence-electron chi connectivity index (χ4n) is 3.42. The van der Waals surface area contributed by atoms with Gasteiger partial charge in [-0.1, -0.05) is 19.1 Å².